The third-order valence-electron chi connectivity index (χ3n) is 6.88. The number of amides is 4. The first kappa shape index (κ1) is 19.7. The van der Waals surface area contributed by atoms with Gasteiger partial charge in [-0.05, 0) is 37.3 Å². The van der Waals surface area contributed by atoms with Crippen LogP contribution in [-0.4, -0.2) is 65.9 Å². The average molecular weight is 399 g/mol. The van der Waals surface area contributed by atoms with Gasteiger partial charge in [0, 0.05) is 31.9 Å². The number of para-hydroxylation sites is 1. The minimum atomic E-state index is -0.806. The van der Waals surface area contributed by atoms with Crippen molar-refractivity contribution in [1.82, 2.24) is 15.1 Å². The maximum atomic E-state index is 13.1. The van der Waals surface area contributed by atoms with Crippen molar-refractivity contribution in [3.63, 3.8) is 0 Å². The lowest BCUT2D eigenvalue weighted by Crippen LogP contribution is -2.55. The molecular weight excluding hydrogens is 368 g/mol. The first-order valence-corrected chi connectivity index (χ1v) is 10.6. The number of carbonyl (C=O) groups excluding carboxylic acids is 3. The van der Waals surface area contributed by atoms with Crippen molar-refractivity contribution < 1.29 is 14.4 Å². The van der Waals surface area contributed by atoms with E-state index in [1.54, 1.807) is 4.90 Å². The Morgan fingerprint density at radius 2 is 1.86 bits per heavy atom. The molecule has 7 heteroatoms. The van der Waals surface area contributed by atoms with Gasteiger partial charge in [0.15, 0.2) is 0 Å². The molecule has 1 aliphatic carbocycles. The molecule has 0 radical (unpaired) electrons. The minimum Gasteiger partial charge on any atom is -0.368 e. The van der Waals surface area contributed by atoms with E-state index in [0.717, 1.165) is 37.3 Å². The molecule has 1 aromatic carbocycles. The number of anilines is 1. The number of hydrogen-bond acceptors (Lipinski definition) is 4. The van der Waals surface area contributed by atoms with Gasteiger partial charge in [0.2, 0.25) is 5.91 Å². The van der Waals surface area contributed by atoms with E-state index >= 15 is 0 Å². The quantitative estimate of drug-likeness (QED) is 0.792. The Balaban J connectivity index is 1.37. The van der Waals surface area contributed by atoms with Crippen molar-refractivity contribution >= 4 is 23.5 Å². The largest absolute Gasteiger partial charge is 0.368 e. The summed E-state index contributed by atoms with van der Waals surface area (Å²) in [6.07, 6.45) is 3.60. The summed E-state index contributed by atoms with van der Waals surface area (Å²) in [6, 6.07) is 7.82. The maximum Gasteiger partial charge on any atom is 0.325 e. The molecule has 4 rings (SSSR count). The van der Waals surface area contributed by atoms with Crippen LogP contribution < -0.4 is 10.2 Å². The predicted molar refractivity (Wildman–Crippen MR) is 111 cm³/mol. The summed E-state index contributed by atoms with van der Waals surface area (Å²) in [7, 11) is 0. The SMILES string of the molecule is Cc1ccccc1N1CCN(C(=O)CN2C(=O)N[C@@]3(CCCC[C@H]3C)C2=O)CC1. The van der Waals surface area contributed by atoms with E-state index < -0.39 is 11.6 Å². The van der Waals surface area contributed by atoms with Gasteiger partial charge in [-0.1, -0.05) is 38.0 Å². The number of nitrogens with zero attached hydrogens (tertiary/aromatic N) is 3. The Morgan fingerprint density at radius 1 is 1.14 bits per heavy atom. The summed E-state index contributed by atoms with van der Waals surface area (Å²) < 4.78 is 0. The van der Waals surface area contributed by atoms with Gasteiger partial charge in [-0.2, -0.15) is 0 Å². The number of nitrogens with one attached hydrogen (secondary N) is 1. The monoisotopic (exact) mass is 398 g/mol. The van der Waals surface area contributed by atoms with Gasteiger partial charge in [-0.3, -0.25) is 14.5 Å². The molecule has 1 spiro atoms. The van der Waals surface area contributed by atoms with Crippen LogP contribution in [-0.2, 0) is 9.59 Å². The zero-order valence-corrected chi connectivity index (χ0v) is 17.3. The van der Waals surface area contributed by atoms with Crippen LogP contribution in [0, 0.1) is 12.8 Å². The van der Waals surface area contributed by atoms with Gasteiger partial charge >= 0.3 is 6.03 Å². The normalized spacial score (nSPS) is 27.5. The summed E-state index contributed by atoms with van der Waals surface area (Å²) in [5.41, 5.74) is 1.61. The van der Waals surface area contributed by atoms with E-state index in [2.05, 4.69) is 29.3 Å². The molecule has 4 amide bonds. The smallest absolute Gasteiger partial charge is 0.325 e. The van der Waals surface area contributed by atoms with E-state index in [9.17, 15) is 14.4 Å². The second-order valence-electron chi connectivity index (χ2n) is 8.59. The highest BCUT2D eigenvalue weighted by Gasteiger charge is 2.55. The zero-order valence-electron chi connectivity index (χ0n) is 17.3. The van der Waals surface area contributed by atoms with Gasteiger partial charge in [-0.25, -0.2) is 4.79 Å². The molecule has 0 bridgehead atoms. The van der Waals surface area contributed by atoms with Gasteiger partial charge in [0.25, 0.3) is 5.91 Å². The molecule has 2 aliphatic heterocycles. The van der Waals surface area contributed by atoms with Crippen molar-refractivity contribution in [3.8, 4) is 0 Å². The Bertz CT molecular complexity index is 818. The molecule has 1 saturated carbocycles. The molecule has 2 atom stereocenters. The first-order valence-electron chi connectivity index (χ1n) is 10.6. The number of benzene rings is 1. The molecule has 2 heterocycles. The van der Waals surface area contributed by atoms with Crippen LogP contribution in [0.5, 0.6) is 0 Å². The second kappa shape index (κ2) is 7.69. The Hall–Kier alpha value is -2.57. The number of rotatable bonds is 3. The van der Waals surface area contributed by atoms with Crippen LogP contribution in [0.3, 0.4) is 0 Å². The third-order valence-corrected chi connectivity index (χ3v) is 6.88. The number of aryl methyl sites for hydroxylation is 1. The minimum absolute atomic E-state index is 0.102. The fourth-order valence-electron chi connectivity index (χ4n) is 4.99. The molecule has 0 unspecified atom stereocenters. The molecule has 3 fully saturated rings. The van der Waals surface area contributed by atoms with Gasteiger partial charge in [-0.15, -0.1) is 0 Å². The number of imide groups is 1. The lowest BCUT2D eigenvalue weighted by atomic mass is 9.73. The number of piperazine rings is 1. The van der Waals surface area contributed by atoms with E-state index in [1.807, 2.05) is 19.1 Å². The zero-order chi connectivity index (χ0) is 20.6. The molecular formula is C22H30N4O3. The van der Waals surface area contributed by atoms with Crippen LogP contribution in [0.1, 0.15) is 38.2 Å². The summed E-state index contributed by atoms with van der Waals surface area (Å²) >= 11 is 0. The fraction of sp³-hybridized carbons (Fsp3) is 0.591. The molecule has 0 aromatic heterocycles. The fourth-order valence-corrected chi connectivity index (χ4v) is 4.99. The highest BCUT2D eigenvalue weighted by molar-refractivity contribution is 6.09. The molecule has 156 valence electrons. The van der Waals surface area contributed by atoms with Crippen LogP contribution in [0.4, 0.5) is 10.5 Å². The van der Waals surface area contributed by atoms with Gasteiger partial charge < -0.3 is 15.1 Å². The van der Waals surface area contributed by atoms with Crippen molar-refractivity contribution in [2.75, 3.05) is 37.6 Å². The lowest BCUT2D eigenvalue weighted by molar-refractivity contribution is -0.140. The molecule has 1 aromatic rings. The predicted octanol–water partition coefficient (Wildman–Crippen LogP) is 2.14. The number of carbonyl (C=O) groups is 3. The maximum absolute atomic E-state index is 13.1. The van der Waals surface area contributed by atoms with E-state index in [1.165, 1.54) is 11.3 Å². The van der Waals surface area contributed by atoms with Crippen LogP contribution >= 0.6 is 0 Å². The van der Waals surface area contributed by atoms with Crippen molar-refractivity contribution in [2.24, 2.45) is 5.92 Å². The Morgan fingerprint density at radius 3 is 2.55 bits per heavy atom. The lowest BCUT2D eigenvalue weighted by Gasteiger charge is -2.38. The van der Waals surface area contributed by atoms with E-state index in [-0.39, 0.29) is 24.3 Å². The molecule has 3 aliphatic rings. The van der Waals surface area contributed by atoms with Crippen LogP contribution in [0.15, 0.2) is 24.3 Å². The Labute approximate surface area is 172 Å². The highest BCUT2D eigenvalue weighted by atomic mass is 16.2. The topological polar surface area (TPSA) is 73.0 Å². The van der Waals surface area contributed by atoms with Gasteiger partial charge in [0.05, 0.1) is 0 Å². The van der Waals surface area contributed by atoms with E-state index in [0.29, 0.717) is 19.5 Å². The standard InChI is InChI=1S/C22H30N4O3/c1-16-7-3-4-9-18(16)24-11-13-25(14-12-24)19(27)15-26-20(28)22(23-21(26)29)10-6-5-8-17(22)2/h3-4,7,9,17H,5-6,8,10-15H2,1-2H3,(H,23,29)/t17-,22-/m1/s1. The van der Waals surface area contributed by atoms with Crippen molar-refractivity contribution in [1.29, 1.82) is 0 Å². The number of urea groups is 1. The highest BCUT2D eigenvalue weighted by Crippen LogP contribution is 2.38. The van der Waals surface area contributed by atoms with Crippen LogP contribution in [0.2, 0.25) is 0 Å². The van der Waals surface area contributed by atoms with Gasteiger partial charge in [0.1, 0.15) is 12.1 Å². The number of hydrogen-bond donors (Lipinski definition) is 1. The molecule has 1 N–H and O–H groups in total. The van der Waals surface area contributed by atoms with Crippen molar-refractivity contribution in [3.05, 3.63) is 29.8 Å². The van der Waals surface area contributed by atoms with Crippen molar-refractivity contribution in [2.45, 2.75) is 45.1 Å². The summed E-state index contributed by atoms with van der Waals surface area (Å²) in [5, 5.41) is 2.92. The first-order chi connectivity index (χ1) is 13.9. The Kier molecular flexibility index (Phi) is 5.23. The van der Waals surface area contributed by atoms with Crippen LogP contribution in [0.25, 0.3) is 0 Å². The molecule has 29 heavy (non-hydrogen) atoms. The van der Waals surface area contributed by atoms with E-state index in [4.69, 9.17) is 0 Å². The third kappa shape index (κ3) is 3.47. The molecule has 7 nitrogen and oxygen atoms in total. The summed E-state index contributed by atoms with van der Waals surface area (Å²) in [4.78, 5) is 43.6. The average Bonchev–Trinajstić information content (AvgIpc) is 2.96. The molecule has 2 saturated heterocycles. The summed E-state index contributed by atoms with van der Waals surface area (Å²) in [5.74, 6) is -0.273. The second-order valence-corrected chi connectivity index (χ2v) is 8.59. The summed E-state index contributed by atoms with van der Waals surface area (Å²) in [6.45, 7) is 6.63.